The molecule has 2 nitrogen and oxygen atoms in total. The normalized spacial score (nSPS) is 46.6. The SMILES string of the molecule is C[C@H]1CCCC[C@@]2(CC[C@H](C)O2)O1. The Morgan fingerprint density at radius 2 is 1.62 bits per heavy atom. The van der Waals surface area contributed by atoms with E-state index < -0.39 is 0 Å². The van der Waals surface area contributed by atoms with Crippen molar-refractivity contribution in [3.8, 4) is 0 Å². The second-order valence-corrected chi connectivity index (χ2v) is 4.55. The first-order valence-electron chi connectivity index (χ1n) is 5.56. The van der Waals surface area contributed by atoms with Gasteiger partial charge in [-0.05, 0) is 33.1 Å². The molecule has 0 bridgehead atoms. The van der Waals surface area contributed by atoms with Crippen LogP contribution < -0.4 is 0 Å². The third-order valence-electron chi connectivity index (χ3n) is 3.18. The van der Waals surface area contributed by atoms with Crippen molar-refractivity contribution in [3.63, 3.8) is 0 Å². The largest absolute Gasteiger partial charge is 0.347 e. The molecule has 0 aliphatic carbocycles. The first-order valence-corrected chi connectivity index (χ1v) is 5.56. The summed E-state index contributed by atoms with van der Waals surface area (Å²) in [5, 5.41) is 0. The van der Waals surface area contributed by atoms with Crippen molar-refractivity contribution in [1.82, 2.24) is 0 Å². The Morgan fingerprint density at radius 3 is 2.31 bits per heavy atom. The van der Waals surface area contributed by atoms with Crippen LogP contribution in [0.2, 0.25) is 0 Å². The van der Waals surface area contributed by atoms with Gasteiger partial charge in [-0.25, -0.2) is 0 Å². The maximum Gasteiger partial charge on any atom is 0.169 e. The highest BCUT2D eigenvalue weighted by Crippen LogP contribution is 2.39. The van der Waals surface area contributed by atoms with Gasteiger partial charge in [-0.3, -0.25) is 0 Å². The van der Waals surface area contributed by atoms with Gasteiger partial charge in [-0.2, -0.15) is 0 Å². The second kappa shape index (κ2) is 3.58. The van der Waals surface area contributed by atoms with E-state index in [1.165, 1.54) is 19.3 Å². The molecule has 2 saturated heterocycles. The molecule has 0 aromatic carbocycles. The Bertz CT molecular complexity index is 181. The predicted octanol–water partition coefficient (Wildman–Crippen LogP) is 2.86. The lowest BCUT2D eigenvalue weighted by atomic mass is 10.1. The van der Waals surface area contributed by atoms with Gasteiger partial charge in [0.2, 0.25) is 0 Å². The standard InChI is InChI=1S/C11H20O2/c1-9-5-3-4-7-11(12-9)8-6-10(2)13-11/h9-10H,3-8H2,1-2H3/t9-,10-,11+/m0/s1. The molecule has 2 rings (SSSR count). The molecule has 13 heavy (non-hydrogen) atoms. The van der Waals surface area contributed by atoms with E-state index in [0.29, 0.717) is 12.2 Å². The monoisotopic (exact) mass is 184 g/mol. The summed E-state index contributed by atoms with van der Waals surface area (Å²) in [7, 11) is 0. The van der Waals surface area contributed by atoms with Crippen molar-refractivity contribution in [2.75, 3.05) is 0 Å². The van der Waals surface area contributed by atoms with Gasteiger partial charge in [0.1, 0.15) is 0 Å². The fourth-order valence-electron chi connectivity index (χ4n) is 2.49. The smallest absolute Gasteiger partial charge is 0.169 e. The molecule has 2 heterocycles. The van der Waals surface area contributed by atoms with E-state index in [-0.39, 0.29) is 5.79 Å². The second-order valence-electron chi connectivity index (χ2n) is 4.55. The van der Waals surface area contributed by atoms with Crippen LogP contribution in [0.25, 0.3) is 0 Å². The summed E-state index contributed by atoms with van der Waals surface area (Å²) in [4.78, 5) is 0. The van der Waals surface area contributed by atoms with Crippen LogP contribution in [-0.4, -0.2) is 18.0 Å². The Morgan fingerprint density at radius 1 is 0.923 bits per heavy atom. The molecule has 1 spiro atoms. The minimum Gasteiger partial charge on any atom is -0.347 e. The average molecular weight is 184 g/mol. The van der Waals surface area contributed by atoms with Gasteiger partial charge in [-0.1, -0.05) is 6.42 Å². The highest BCUT2D eigenvalue weighted by molar-refractivity contribution is 4.82. The molecule has 3 atom stereocenters. The maximum absolute atomic E-state index is 6.01. The number of rotatable bonds is 0. The Balaban J connectivity index is 2.03. The fraction of sp³-hybridized carbons (Fsp3) is 1.00. The molecule has 2 aliphatic heterocycles. The highest BCUT2D eigenvalue weighted by Gasteiger charge is 2.41. The van der Waals surface area contributed by atoms with E-state index in [9.17, 15) is 0 Å². The number of hydrogen-bond donors (Lipinski definition) is 0. The van der Waals surface area contributed by atoms with Crippen LogP contribution in [0.1, 0.15) is 52.4 Å². The predicted molar refractivity (Wildman–Crippen MR) is 51.5 cm³/mol. The van der Waals surface area contributed by atoms with Gasteiger partial charge < -0.3 is 9.47 Å². The molecule has 2 fully saturated rings. The summed E-state index contributed by atoms with van der Waals surface area (Å²) < 4.78 is 11.9. The van der Waals surface area contributed by atoms with E-state index in [2.05, 4.69) is 13.8 Å². The molecule has 0 unspecified atom stereocenters. The van der Waals surface area contributed by atoms with Crippen LogP contribution in [0.15, 0.2) is 0 Å². The molecule has 0 aromatic rings. The van der Waals surface area contributed by atoms with Crippen LogP contribution in [0, 0.1) is 0 Å². The summed E-state index contributed by atoms with van der Waals surface area (Å²) in [6.07, 6.45) is 7.88. The molecule has 0 saturated carbocycles. The molecule has 0 radical (unpaired) electrons. The number of ether oxygens (including phenoxy) is 2. The zero-order chi connectivity index (χ0) is 9.31. The Hall–Kier alpha value is -0.0800. The van der Waals surface area contributed by atoms with Gasteiger partial charge in [0.25, 0.3) is 0 Å². The topological polar surface area (TPSA) is 18.5 Å². The van der Waals surface area contributed by atoms with Gasteiger partial charge in [0, 0.05) is 12.8 Å². The van der Waals surface area contributed by atoms with Crippen LogP contribution >= 0.6 is 0 Å². The summed E-state index contributed by atoms with van der Waals surface area (Å²) in [5.41, 5.74) is 0. The lowest BCUT2D eigenvalue weighted by Gasteiger charge is -2.30. The van der Waals surface area contributed by atoms with Crippen molar-refractivity contribution in [2.45, 2.75) is 70.4 Å². The third kappa shape index (κ3) is 2.05. The quantitative estimate of drug-likeness (QED) is 0.576. The van der Waals surface area contributed by atoms with Gasteiger partial charge >= 0.3 is 0 Å². The Labute approximate surface area is 80.6 Å². The van der Waals surface area contributed by atoms with Crippen molar-refractivity contribution >= 4 is 0 Å². The van der Waals surface area contributed by atoms with Gasteiger partial charge in [0.05, 0.1) is 12.2 Å². The van der Waals surface area contributed by atoms with Crippen molar-refractivity contribution in [3.05, 3.63) is 0 Å². The minimum absolute atomic E-state index is 0.199. The first kappa shape index (κ1) is 9.47. The number of hydrogen-bond acceptors (Lipinski definition) is 2. The molecule has 76 valence electrons. The highest BCUT2D eigenvalue weighted by atomic mass is 16.7. The molecular weight excluding hydrogens is 164 g/mol. The molecule has 0 N–H and O–H groups in total. The lowest BCUT2D eigenvalue weighted by Crippen LogP contribution is -2.34. The summed E-state index contributed by atoms with van der Waals surface area (Å²) >= 11 is 0. The minimum atomic E-state index is -0.199. The molecule has 0 amide bonds. The molecule has 2 heteroatoms. The third-order valence-corrected chi connectivity index (χ3v) is 3.18. The summed E-state index contributed by atoms with van der Waals surface area (Å²) in [6, 6.07) is 0. The van der Waals surface area contributed by atoms with Crippen molar-refractivity contribution < 1.29 is 9.47 Å². The van der Waals surface area contributed by atoms with Crippen molar-refractivity contribution in [2.24, 2.45) is 0 Å². The lowest BCUT2D eigenvalue weighted by molar-refractivity contribution is -0.242. The zero-order valence-corrected chi connectivity index (χ0v) is 8.71. The van der Waals surface area contributed by atoms with Crippen molar-refractivity contribution in [1.29, 1.82) is 0 Å². The maximum atomic E-state index is 6.01. The van der Waals surface area contributed by atoms with Crippen LogP contribution in [0.3, 0.4) is 0 Å². The molecular formula is C11H20O2. The molecule has 0 aromatic heterocycles. The summed E-state index contributed by atoms with van der Waals surface area (Å²) in [5.74, 6) is -0.199. The van der Waals surface area contributed by atoms with Crippen LogP contribution in [0.4, 0.5) is 0 Å². The first-order chi connectivity index (χ1) is 6.20. The van der Waals surface area contributed by atoms with Crippen LogP contribution in [0.5, 0.6) is 0 Å². The van der Waals surface area contributed by atoms with E-state index in [4.69, 9.17) is 9.47 Å². The fourth-order valence-corrected chi connectivity index (χ4v) is 2.49. The van der Waals surface area contributed by atoms with Gasteiger partial charge in [-0.15, -0.1) is 0 Å². The molecule has 2 aliphatic rings. The van der Waals surface area contributed by atoms with E-state index in [1.807, 2.05) is 0 Å². The van der Waals surface area contributed by atoms with E-state index in [0.717, 1.165) is 19.3 Å². The van der Waals surface area contributed by atoms with Crippen LogP contribution in [-0.2, 0) is 9.47 Å². The van der Waals surface area contributed by atoms with E-state index >= 15 is 0 Å². The average Bonchev–Trinajstić information content (AvgIpc) is 2.30. The van der Waals surface area contributed by atoms with Gasteiger partial charge in [0.15, 0.2) is 5.79 Å². The summed E-state index contributed by atoms with van der Waals surface area (Å²) in [6.45, 7) is 4.31. The zero-order valence-electron chi connectivity index (χ0n) is 8.71. The van der Waals surface area contributed by atoms with E-state index in [1.54, 1.807) is 0 Å². The Kier molecular flexibility index (Phi) is 2.61.